The van der Waals surface area contributed by atoms with Crippen molar-refractivity contribution in [1.29, 1.82) is 0 Å². The third kappa shape index (κ3) is 4.77. The van der Waals surface area contributed by atoms with Crippen LogP contribution < -0.4 is 10.2 Å². The molecule has 1 aromatic heterocycles. The Morgan fingerprint density at radius 3 is 2.50 bits per heavy atom. The van der Waals surface area contributed by atoms with E-state index >= 15 is 0 Å². The Hall–Kier alpha value is -1.15. The lowest BCUT2D eigenvalue weighted by molar-refractivity contribution is -0.163. The van der Waals surface area contributed by atoms with Gasteiger partial charge in [0.2, 0.25) is 5.88 Å². The molecule has 0 spiro atoms. The molecule has 26 heavy (non-hydrogen) atoms. The molecular weight excluding hydrogens is 333 g/mol. The second-order valence-electron chi connectivity index (χ2n) is 7.89. The van der Waals surface area contributed by atoms with Crippen LogP contribution in [0.5, 0.6) is 5.88 Å². The van der Waals surface area contributed by atoms with E-state index in [1.54, 1.807) is 6.20 Å². The van der Waals surface area contributed by atoms with Crippen LogP contribution in [0.2, 0.25) is 0 Å². The molecule has 0 saturated carbocycles. The van der Waals surface area contributed by atoms with Gasteiger partial charge in [-0.1, -0.05) is 6.07 Å². The highest BCUT2D eigenvalue weighted by molar-refractivity contribution is 6.62. The van der Waals surface area contributed by atoms with Crippen molar-refractivity contribution < 1.29 is 23.5 Å². The normalized spacial score (nSPS) is 24.6. The minimum atomic E-state index is -0.398. The molecule has 0 N–H and O–H groups in total. The Bertz CT molecular complexity index is 556. The number of rotatable bonds is 7. The van der Waals surface area contributed by atoms with Gasteiger partial charge in [-0.2, -0.15) is 0 Å². The number of hydrogen-bond donors (Lipinski definition) is 0. The average molecular weight is 363 g/mol. The van der Waals surface area contributed by atoms with Crippen LogP contribution in [-0.4, -0.2) is 49.4 Å². The van der Waals surface area contributed by atoms with Crippen molar-refractivity contribution in [2.45, 2.75) is 70.9 Å². The van der Waals surface area contributed by atoms with Crippen LogP contribution in [0.1, 0.15) is 53.4 Å². The zero-order valence-corrected chi connectivity index (χ0v) is 16.3. The van der Waals surface area contributed by atoms with Gasteiger partial charge in [0.25, 0.3) is 0 Å². The topological polar surface area (TPSA) is 59.0 Å². The summed E-state index contributed by atoms with van der Waals surface area (Å²) < 4.78 is 29.0. The lowest BCUT2D eigenvalue weighted by atomic mass is 9.80. The maximum absolute atomic E-state index is 6.03. The first kappa shape index (κ1) is 19.6. The molecule has 0 aliphatic carbocycles. The summed E-state index contributed by atoms with van der Waals surface area (Å²) in [6, 6.07) is 3.79. The molecule has 0 bridgehead atoms. The van der Waals surface area contributed by atoms with Gasteiger partial charge in [0, 0.05) is 24.7 Å². The molecule has 7 heteroatoms. The maximum Gasteiger partial charge on any atom is 0.496 e. The second-order valence-corrected chi connectivity index (χ2v) is 7.89. The Kier molecular flexibility index (Phi) is 6.23. The summed E-state index contributed by atoms with van der Waals surface area (Å²) in [6.07, 6.45) is 5.82. The van der Waals surface area contributed by atoms with Gasteiger partial charge in [0.1, 0.15) is 0 Å². The number of aromatic nitrogens is 1. The van der Waals surface area contributed by atoms with E-state index in [2.05, 4.69) is 4.98 Å². The van der Waals surface area contributed by atoms with Crippen molar-refractivity contribution in [3.8, 4) is 5.88 Å². The average Bonchev–Trinajstić information content (AvgIpc) is 2.84. The van der Waals surface area contributed by atoms with E-state index in [-0.39, 0.29) is 17.5 Å². The van der Waals surface area contributed by atoms with Gasteiger partial charge in [-0.25, -0.2) is 4.98 Å². The number of nitrogens with zero attached hydrogens (tertiary/aromatic N) is 1. The van der Waals surface area contributed by atoms with Crippen LogP contribution in [0, 0.1) is 0 Å². The fourth-order valence-corrected chi connectivity index (χ4v) is 2.89. The van der Waals surface area contributed by atoms with E-state index in [4.69, 9.17) is 23.5 Å². The van der Waals surface area contributed by atoms with E-state index in [1.165, 1.54) is 6.42 Å². The summed E-state index contributed by atoms with van der Waals surface area (Å²) in [6.45, 7) is 10.2. The molecule has 2 aliphatic heterocycles. The number of hydrogen-bond acceptors (Lipinski definition) is 6. The first-order valence-corrected chi connectivity index (χ1v) is 9.55. The van der Waals surface area contributed by atoms with Crippen LogP contribution >= 0.6 is 0 Å². The van der Waals surface area contributed by atoms with Gasteiger partial charge in [0.05, 0.1) is 24.4 Å². The molecular formula is C19H30BNO5. The molecule has 0 amide bonds. The Labute approximate surface area is 156 Å². The zero-order chi connectivity index (χ0) is 18.6. The lowest BCUT2D eigenvalue weighted by Crippen LogP contribution is -2.41. The minimum Gasteiger partial charge on any atom is -0.478 e. The van der Waals surface area contributed by atoms with E-state index in [0.29, 0.717) is 19.1 Å². The summed E-state index contributed by atoms with van der Waals surface area (Å²) in [5.41, 5.74) is 0.192. The monoisotopic (exact) mass is 363 g/mol. The molecule has 1 aromatic rings. The van der Waals surface area contributed by atoms with Gasteiger partial charge in [-0.3, -0.25) is 0 Å². The van der Waals surface area contributed by atoms with Crippen LogP contribution in [0.25, 0.3) is 0 Å². The molecule has 2 fully saturated rings. The largest absolute Gasteiger partial charge is 0.496 e. The van der Waals surface area contributed by atoms with Crippen LogP contribution in [0.3, 0.4) is 0 Å². The molecule has 3 heterocycles. The first-order chi connectivity index (χ1) is 12.4. The summed E-state index contributed by atoms with van der Waals surface area (Å²) in [7, 11) is -0.398. The summed E-state index contributed by atoms with van der Waals surface area (Å²) >= 11 is 0. The fourth-order valence-electron chi connectivity index (χ4n) is 2.89. The fraction of sp³-hybridized carbons (Fsp3) is 0.737. The molecule has 0 radical (unpaired) electrons. The van der Waals surface area contributed by atoms with Crippen LogP contribution in [-0.2, 0) is 18.8 Å². The van der Waals surface area contributed by atoms with Gasteiger partial charge < -0.3 is 23.5 Å². The van der Waals surface area contributed by atoms with Crippen LogP contribution in [0.4, 0.5) is 0 Å². The predicted octanol–water partition coefficient (Wildman–Crippen LogP) is 2.69. The van der Waals surface area contributed by atoms with E-state index in [1.807, 2.05) is 39.8 Å². The highest BCUT2D eigenvalue weighted by Crippen LogP contribution is 2.36. The Balaban J connectivity index is 1.39. The first-order valence-electron chi connectivity index (χ1n) is 9.55. The molecule has 144 valence electrons. The van der Waals surface area contributed by atoms with Crippen molar-refractivity contribution in [1.82, 2.24) is 4.98 Å². The number of pyridine rings is 1. The van der Waals surface area contributed by atoms with Crippen LogP contribution in [0.15, 0.2) is 18.3 Å². The van der Waals surface area contributed by atoms with Crippen molar-refractivity contribution in [3.05, 3.63) is 18.3 Å². The SMILES string of the molecule is CC1(C)OB(c2ccc(OCCCOC3CCCCO3)nc2)OC1(C)C. The van der Waals surface area contributed by atoms with Gasteiger partial charge in [-0.05, 0) is 53.0 Å². The molecule has 1 atom stereocenters. The molecule has 6 nitrogen and oxygen atoms in total. The smallest absolute Gasteiger partial charge is 0.478 e. The summed E-state index contributed by atoms with van der Waals surface area (Å²) in [5.74, 6) is 0.596. The Morgan fingerprint density at radius 2 is 1.88 bits per heavy atom. The molecule has 2 saturated heterocycles. The van der Waals surface area contributed by atoms with Crippen molar-refractivity contribution >= 4 is 12.6 Å². The van der Waals surface area contributed by atoms with Gasteiger partial charge in [-0.15, -0.1) is 0 Å². The quantitative estimate of drug-likeness (QED) is 0.548. The third-order valence-corrected chi connectivity index (χ3v) is 5.26. The zero-order valence-electron chi connectivity index (χ0n) is 16.3. The summed E-state index contributed by atoms with van der Waals surface area (Å²) in [5, 5.41) is 0. The van der Waals surface area contributed by atoms with Gasteiger partial charge >= 0.3 is 7.12 Å². The molecule has 3 rings (SSSR count). The Morgan fingerprint density at radius 1 is 1.12 bits per heavy atom. The number of ether oxygens (including phenoxy) is 3. The lowest BCUT2D eigenvalue weighted by Gasteiger charge is -2.32. The maximum atomic E-state index is 6.03. The van der Waals surface area contributed by atoms with E-state index < -0.39 is 7.12 Å². The van der Waals surface area contributed by atoms with E-state index in [9.17, 15) is 0 Å². The molecule has 2 aliphatic rings. The van der Waals surface area contributed by atoms with Crippen molar-refractivity contribution in [2.75, 3.05) is 19.8 Å². The second kappa shape index (κ2) is 8.25. The highest BCUT2D eigenvalue weighted by Gasteiger charge is 2.51. The summed E-state index contributed by atoms with van der Waals surface area (Å²) in [4.78, 5) is 4.36. The highest BCUT2D eigenvalue weighted by atomic mass is 16.7. The van der Waals surface area contributed by atoms with Crippen molar-refractivity contribution in [3.63, 3.8) is 0 Å². The minimum absolute atomic E-state index is 0.0407. The van der Waals surface area contributed by atoms with Crippen molar-refractivity contribution in [2.24, 2.45) is 0 Å². The van der Waals surface area contributed by atoms with E-state index in [0.717, 1.165) is 31.3 Å². The predicted molar refractivity (Wildman–Crippen MR) is 99.6 cm³/mol. The molecule has 1 unspecified atom stereocenters. The van der Waals surface area contributed by atoms with Gasteiger partial charge in [0.15, 0.2) is 6.29 Å². The third-order valence-electron chi connectivity index (χ3n) is 5.26. The standard InChI is InChI=1S/C19H30BNO5/c1-18(2)19(3,4)26-20(25-18)15-9-10-16(21-14-15)22-12-7-13-24-17-8-5-6-11-23-17/h9-10,14,17H,5-8,11-13H2,1-4H3. The molecule has 0 aromatic carbocycles.